The highest BCUT2D eigenvalue weighted by molar-refractivity contribution is 5.96. The summed E-state index contributed by atoms with van der Waals surface area (Å²) in [5.74, 6) is 2.14. The van der Waals surface area contributed by atoms with Crippen molar-refractivity contribution in [3.05, 3.63) is 72.2 Å². The molecule has 5 rings (SSSR count). The first kappa shape index (κ1) is 24.8. The first-order valence-corrected chi connectivity index (χ1v) is 12.8. The number of nitrogens with zero attached hydrogens (tertiary/aromatic N) is 4. The van der Waals surface area contributed by atoms with Gasteiger partial charge in [0.2, 0.25) is 0 Å². The molecule has 0 radical (unpaired) electrons. The van der Waals surface area contributed by atoms with Crippen LogP contribution in [0.15, 0.2) is 61.1 Å². The van der Waals surface area contributed by atoms with Crippen LogP contribution in [0.25, 0.3) is 16.9 Å². The van der Waals surface area contributed by atoms with E-state index in [9.17, 15) is 4.79 Å². The zero-order valence-electron chi connectivity index (χ0n) is 21.7. The molecule has 1 saturated heterocycles. The lowest BCUT2D eigenvalue weighted by Gasteiger charge is -2.28. The molecule has 8 heteroatoms. The van der Waals surface area contributed by atoms with Crippen LogP contribution in [0.2, 0.25) is 0 Å². The van der Waals surface area contributed by atoms with Crippen LogP contribution in [0.5, 0.6) is 5.75 Å². The second kappa shape index (κ2) is 11.0. The number of carbonyl (C=O) groups is 1. The number of benzene rings is 2. The molecule has 1 aliphatic rings. The molecule has 0 bridgehead atoms. The van der Waals surface area contributed by atoms with Crippen molar-refractivity contribution in [2.75, 3.05) is 39.1 Å². The maximum atomic E-state index is 12.8. The Kier molecular flexibility index (Phi) is 7.37. The number of amides is 1. The van der Waals surface area contributed by atoms with Crippen LogP contribution in [0.4, 0.5) is 11.5 Å². The molecule has 0 aliphatic carbocycles. The topological polar surface area (TPSA) is 83.8 Å². The quantitative estimate of drug-likeness (QED) is 0.359. The predicted molar refractivity (Wildman–Crippen MR) is 147 cm³/mol. The van der Waals surface area contributed by atoms with Crippen molar-refractivity contribution in [3.63, 3.8) is 0 Å². The van der Waals surface area contributed by atoms with Crippen LogP contribution >= 0.6 is 0 Å². The molecule has 3 heterocycles. The van der Waals surface area contributed by atoms with E-state index >= 15 is 0 Å². The minimum Gasteiger partial charge on any atom is -0.497 e. The standard InChI is InChI=1S/C29H34N6O2/c1-20-18-23(6-9-25(20)29(36)31-13-10-21-11-15-34(2)16-12-21)33-27-28-32-19-26(35(28)17-14-30-27)22-4-7-24(37-3)8-5-22/h4-9,14,17-19,21H,10-13,15-16H2,1-3H3,(H,30,33)(H,31,36). The Morgan fingerprint density at radius 1 is 1.11 bits per heavy atom. The fourth-order valence-electron chi connectivity index (χ4n) is 4.95. The highest BCUT2D eigenvalue weighted by Crippen LogP contribution is 2.27. The summed E-state index contributed by atoms with van der Waals surface area (Å²) in [5, 5.41) is 6.49. The molecule has 4 aromatic rings. The predicted octanol–water partition coefficient (Wildman–Crippen LogP) is 4.92. The van der Waals surface area contributed by atoms with Gasteiger partial charge in [-0.2, -0.15) is 0 Å². The van der Waals surface area contributed by atoms with E-state index in [0.29, 0.717) is 17.3 Å². The third-order valence-electron chi connectivity index (χ3n) is 7.22. The number of nitrogens with one attached hydrogen (secondary N) is 2. The molecule has 2 N–H and O–H groups in total. The summed E-state index contributed by atoms with van der Waals surface area (Å²) < 4.78 is 7.28. The zero-order chi connectivity index (χ0) is 25.8. The van der Waals surface area contributed by atoms with Crippen LogP contribution < -0.4 is 15.4 Å². The number of fused-ring (bicyclic) bond motifs is 1. The number of hydrogen-bond acceptors (Lipinski definition) is 6. The molecule has 2 aromatic carbocycles. The first-order chi connectivity index (χ1) is 18.0. The second-order valence-electron chi connectivity index (χ2n) is 9.79. The Morgan fingerprint density at radius 3 is 2.62 bits per heavy atom. The van der Waals surface area contributed by atoms with Gasteiger partial charge in [0.05, 0.1) is 19.0 Å². The number of rotatable bonds is 8. The summed E-state index contributed by atoms with van der Waals surface area (Å²) in [5.41, 5.74) is 5.19. The van der Waals surface area contributed by atoms with Gasteiger partial charge in [-0.1, -0.05) is 0 Å². The average Bonchev–Trinajstić information content (AvgIpc) is 3.35. The second-order valence-corrected chi connectivity index (χ2v) is 9.79. The third-order valence-corrected chi connectivity index (χ3v) is 7.22. The van der Waals surface area contributed by atoms with Gasteiger partial charge in [0.1, 0.15) is 5.75 Å². The largest absolute Gasteiger partial charge is 0.497 e. The average molecular weight is 499 g/mol. The Hall–Kier alpha value is -3.91. The number of imidazole rings is 1. The molecule has 1 fully saturated rings. The molecule has 2 aromatic heterocycles. The Morgan fingerprint density at radius 2 is 1.89 bits per heavy atom. The lowest BCUT2D eigenvalue weighted by Crippen LogP contribution is -2.32. The van der Waals surface area contributed by atoms with Gasteiger partial charge in [0.15, 0.2) is 11.5 Å². The fraction of sp³-hybridized carbons (Fsp3) is 0.345. The summed E-state index contributed by atoms with van der Waals surface area (Å²) >= 11 is 0. The van der Waals surface area contributed by atoms with E-state index in [0.717, 1.165) is 60.0 Å². The number of ether oxygens (including phenoxy) is 1. The summed E-state index contributed by atoms with van der Waals surface area (Å²) in [6, 6.07) is 13.7. The van der Waals surface area contributed by atoms with Crippen molar-refractivity contribution in [1.82, 2.24) is 24.6 Å². The van der Waals surface area contributed by atoms with Gasteiger partial charge in [0.25, 0.3) is 5.91 Å². The zero-order valence-corrected chi connectivity index (χ0v) is 21.7. The molecule has 0 unspecified atom stereocenters. The fourth-order valence-corrected chi connectivity index (χ4v) is 4.95. The Labute approximate surface area is 217 Å². The normalized spacial score (nSPS) is 14.6. The van der Waals surface area contributed by atoms with E-state index in [4.69, 9.17) is 4.74 Å². The summed E-state index contributed by atoms with van der Waals surface area (Å²) in [7, 11) is 3.83. The third kappa shape index (κ3) is 5.59. The lowest BCUT2D eigenvalue weighted by molar-refractivity contribution is 0.0948. The molecule has 0 spiro atoms. The molecular formula is C29H34N6O2. The van der Waals surface area contributed by atoms with Crippen molar-refractivity contribution in [3.8, 4) is 17.0 Å². The first-order valence-electron chi connectivity index (χ1n) is 12.8. The highest BCUT2D eigenvalue weighted by atomic mass is 16.5. The van der Waals surface area contributed by atoms with Crippen molar-refractivity contribution in [1.29, 1.82) is 0 Å². The molecule has 1 aliphatic heterocycles. The van der Waals surface area contributed by atoms with Crippen molar-refractivity contribution >= 4 is 23.1 Å². The highest BCUT2D eigenvalue weighted by Gasteiger charge is 2.17. The van der Waals surface area contributed by atoms with Crippen LogP contribution in [-0.4, -0.2) is 59.0 Å². The molecular weight excluding hydrogens is 464 g/mol. The number of aromatic nitrogens is 3. The maximum absolute atomic E-state index is 12.8. The lowest BCUT2D eigenvalue weighted by atomic mass is 9.94. The molecule has 0 atom stereocenters. The minimum absolute atomic E-state index is 0.0189. The van der Waals surface area contributed by atoms with Crippen molar-refractivity contribution in [2.24, 2.45) is 5.92 Å². The van der Waals surface area contributed by atoms with E-state index in [2.05, 4.69) is 32.5 Å². The molecule has 192 valence electrons. The van der Waals surface area contributed by atoms with E-state index in [1.165, 1.54) is 12.8 Å². The number of carbonyl (C=O) groups excluding carboxylic acids is 1. The monoisotopic (exact) mass is 498 g/mol. The van der Waals surface area contributed by atoms with Crippen LogP contribution in [-0.2, 0) is 0 Å². The number of anilines is 2. The van der Waals surface area contributed by atoms with Crippen molar-refractivity contribution in [2.45, 2.75) is 26.2 Å². The van der Waals surface area contributed by atoms with Gasteiger partial charge >= 0.3 is 0 Å². The number of piperidine rings is 1. The molecule has 0 saturated carbocycles. The van der Waals surface area contributed by atoms with Gasteiger partial charge < -0.3 is 20.3 Å². The van der Waals surface area contributed by atoms with Crippen LogP contribution in [0, 0.1) is 12.8 Å². The van der Waals surface area contributed by atoms with E-state index in [-0.39, 0.29) is 5.91 Å². The van der Waals surface area contributed by atoms with E-state index in [1.54, 1.807) is 13.3 Å². The van der Waals surface area contributed by atoms with Gasteiger partial charge in [-0.15, -0.1) is 0 Å². The number of hydrogen-bond donors (Lipinski definition) is 2. The van der Waals surface area contributed by atoms with E-state index in [1.807, 2.05) is 66.2 Å². The minimum atomic E-state index is -0.0189. The van der Waals surface area contributed by atoms with Crippen molar-refractivity contribution < 1.29 is 9.53 Å². The SMILES string of the molecule is COc1ccc(-c2cnc3c(Nc4ccc(C(=O)NCCC5CCN(C)CC5)c(C)c4)nccn23)cc1. The van der Waals surface area contributed by atoms with Gasteiger partial charge in [0, 0.05) is 35.8 Å². The van der Waals surface area contributed by atoms with E-state index < -0.39 is 0 Å². The number of aryl methyl sites for hydroxylation is 1. The smallest absolute Gasteiger partial charge is 0.251 e. The van der Waals surface area contributed by atoms with Gasteiger partial charge in [-0.3, -0.25) is 9.20 Å². The summed E-state index contributed by atoms with van der Waals surface area (Å²) in [4.78, 5) is 24.3. The van der Waals surface area contributed by atoms with Crippen LogP contribution in [0.1, 0.15) is 35.2 Å². The Balaban J connectivity index is 1.25. The maximum Gasteiger partial charge on any atom is 0.251 e. The summed E-state index contributed by atoms with van der Waals surface area (Å²) in [6.07, 6.45) is 8.96. The number of likely N-dealkylation sites (tertiary alicyclic amines) is 1. The summed E-state index contributed by atoms with van der Waals surface area (Å²) in [6.45, 7) is 4.98. The molecule has 1 amide bonds. The van der Waals surface area contributed by atoms with Gasteiger partial charge in [-0.05, 0) is 100 Å². The van der Waals surface area contributed by atoms with Gasteiger partial charge in [-0.25, -0.2) is 9.97 Å². The van der Waals surface area contributed by atoms with Crippen LogP contribution in [0.3, 0.4) is 0 Å². The molecule has 8 nitrogen and oxygen atoms in total. The molecule has 37 heavy (non-hydrogen) atoms. The Bertz CT molecular complexity index is 1370. The number of methoxy groups -OCH3 is 1.